The first-order valence-corrected chi connectivity index (χ1v) is 10.6. The van der Waals surface area contributed by atoms with Crippen molar-refractivity contribution >= 4 is 17.5 Å². The first kappa shape index (κ1) is 24.5. The van der Waals surface area contributed by atoms with E-state index in [0.717, 1.165) is 25.7 Å². The van der Waals surface area contributed by atoms with Crippen LogP contribution in [-0.2, 0) is 13.0 Å². The van der Waals surface area contributed by atoms with Crippen molar-refractivity contribution in [1.29, 1.82) is 0 Å². The number of nitrogens with zero attached hydrogens (tertiary/aromatic N) is 4. The van der Waals surface area contributed by atoms with Crippen LogP contribution in [0.4, 0.5) is 30.6 Å². The zero-order valence-electron chi connectivity index (χ0n) is 18.4. The van der Waals surface area contributed by atoms with Crippen LogP contribution in [0.3, 0.4) is 0 Å². The molecule has 0 spiro atoms. The van der Waals surface area contributed by atoms with Gasteiger partial charge in [0.05, 0.1) is 4.92 Å². The molecule has 0 radical (unpaired) electrons. The number of nitro groups is 1. The molecule has 1 saturated carbocycles. The lowest BCUT2D eigenvalue weighted by Gasteiger charge is -2.32. The first-order chi connectivity index (χ1) is 15.5. The Hall–Kier alpha value is -3.15. The molecular weight excluding hydrogens is 441 g/mol. The van der Waals surface area contributed by atoms with E-state index in [1.54, 1.807) is 6.07 Å². The molecule has 0 amide bonds. The van der Waals surface area contributed by atoms with E-state index >= 15 is 0 Å². The highest BCUT2D eigenvalue weighted by atomic mass is 19.4. The van der Waals surface area contributed by atoms with Crippen LogP contribution in [0.5, 0.6) is 5.75 Å². The van der Waals surface area contributed by atoms with Crippen molar-refractivity contribution in [2.75, 3.05) is 25.1 Å². The molecule has 1 aliphatic rings. The number of benzene rings is 1. The molecule has 0 aliphatic heterocycles. The second-order valence-corrected chi connectivity index (χ2v) is 8.34. The number of hydrogen-bond donors (Lipinski definition) is 2. The summed E-state index contributed by atoms with van der Waals surface area (Å²) in [6.45, 7) is -0.0864. The zero-order valence-corrected chi connectivity index (χ0v) is 18.4. The lowest BCUT2D eigenvalue weighted by molar-refractivity contribution is -0.385. The highest BCUT2D eigenvalue weighted by Gasteiger charge is 2.32. The highest BCUT2D eigenvalue weighted by Crippen LogP contribution is 2.33. The summed E-state index contributed by atoms with van der Waals surface area (Å²) in [6, 6.07) is 6.15. The Bertz CT molecular complexity index is 978. The van der Waals surface area contributed by atoms with Crippen molar-refractivity contribution in [3.8, 4) is 5.75 Å². The number of rotatable bonds is 8. The van der Waals surface area contributed by atoms with Gasteiger partial charge in [-0.15, -0.1) is 13.2 Å². The van der Waals surface area contributed by atoms with Gasteiger partial charge in [-0.25, -0.2) is 4.98 Å². The third-order valence-corrected chi connectivity index (χ3v) is 5.83. The van der Waals surface area contributed by atoms with E-state index < -0.39 is 11.3 Å². The van der Waals surface area contributed by atoms with Gasteiger partial charge < -0.3 is 20.7 Å². The van der Waals surface area contributed by atoms with Gasteiger partial charge in [-0.1, -0.05) is 18.2 Å². The maximum Gasteiger partial charge on any atom is 0.573 e. The van der Waals surface area contributed by atoms with E-state index in [-0.39, 0.29) is 46.9 Å². The fourth-order valence-corrected chi connectivity index (χ4v) is 4.13. The number of anilines is 2. The van der Waals surface area contributed by atoms with E-state index in [9.17, 15) is 23.3 Å². The summed E-state index contributed by atoms with van der Waals surface area (Å²) in [7, 11) is 4.08. The van der Waals surface area contributed by atoms with Gasteiger partial charge in [0.25, 0.3) is 0 Å². The highest BCUT2D eigenvalue weighted by molar-refractivity contribution is 5.58. The fraction of sp³-hybridized carbons (Fsp3) is 0.524. The van der Waals surface area contributed by atoms with Crippen LogP contribution in [0.25, 0.3) is 0 Å². The minimum Gasteiger partial charge on any atom is -0.405 e. The van der Waals surface area contributed by atoms with Crippen LogP contribution in [0.1, 0.15) is 36.9 Å². The topological polar surface area (TPSA) is 119 Å². The van der Waals surface area contributed by atoms with Crippen molar-refractivity contribution < 1.29 is 22.8 Å². The van der Waals surface area contributed by atoms with E-state index in [1.165, 1.54) is 18.2 Å². The molecule has 0 unspecified atom stereocenters. The number of hydrogen-bond acceptors (Lipinski definition) is 8. The second kappa shape index (κ2) is 10.2. The minimum atomic E-state index is -4.83. The molecule has 1 aromatic carbocycles. The number of nitrogen functional groups attached to an aromatic ring is 1. The molecule has 1 aliphatic carbocycles. The predicted octanol–water partition coefficient (Wildman–Crippen LogP) is 4.14. The van der Waals surface area contributed by atoms with E-state index in [4.69, 9.17) is 5.73 Å². The summed E-state index contributed by atoms with van der Waals surface area (Å²) in [4.78, 5) is 21.4. The van der Waals surface area contributed by atoms with E-state index in [2.05, 4.69) is 24.9 Å². The lowest BCUT2D eigenvalue weighted by Crippen LogP contribution is -2.32. The molecule has 0 saturated heterocycles. The SMILES string of the molecule is CN(C)C1CCC(Cc2nc(NCc3ccccc3OC(F)(F)F)nc(N)c2[N+](=O)[O-])CC1. The number of ether oxygens (including phenoxy) is 1. The van der Waals surface area contributed by atoms with Crippen LogP contribution >= 0.6 is 0 Å². The number of alkyl halides is 3. The van der Waals surface area contributed by atoms with E-state index in [0.29, 0.717) is 12.5 Å². The van der Waals surface area contributed by atoms with Gasteiger partial charge >= 0.3 is 12.0 Å². The maximum absolute atomic E-state index is 12.7. The molecule has 1 heterocycles. The lowest BCUT2D eigenvalue weighted by atomic mass is 9.83. The number of para-hydroxylation sites is 1. The summed E-state index contributed by atoms with van der Waals surface area (Å²) >= 11 is 0. The van der Waals surface area contributed by atoms with Gasteiger partial charge in [-0.3, -0.25) is 10.1 Å². The Labute approximate surface area is 189 Å². The zero-order chi connectivity index (χ0) is 24.2. The van der Waals surface area contributed by atoms with Crippen molar-refractivity contribution in [2.24, 2.45) is 5.92 Å². The van der Waals surface area contributed by atoms with Crippen molar-refractivity contribution in [3.63, 3.8) is 0 Å². The monoisotopic (exact) mass is 468 g/mol. The van der Waals surface area contributed by atoms with Gasteiger partial charge in [0.2, 0.25) is 11.8 Å². The summed E-state index contributed by atoms with van der Waals surface area (Å²) in [5, 5.41) is 14.4. The third-order valence-electron chi connectivity index (χ3n) is 5.83. The molecule has 3 N–H and O–H groups in total. The predicted molar refractivity (Wildman–Crippen MR) is 117 cm³/mol. The van der Waals surface area contributed by atoms with Crippen LogP contribution in [0.15, 0.2) is 24.3 Å². The van der Waals surface area contributed by atoms with Crippen LogP contribution in [0.2, 0.25) is 0 Å². The quantitative estimate of drug-likeness (QED) is 0.438. The van der Waals surface area contributed by atoms with Crippen molar-refractivity contribution in [1.82, 2.24) is 14.9 Å². The molecule has 2 aromatic rings. The molecule has 12 heteroatoms. The molecule has 1 fully saturated rings. The number of nitrogens with one attached hydrogen (secondary N) is 1. The molecule has 33 heavy (non-hydrogen) atoms. The number of halogens is 3. The maximum atomic E-state index is 12.7. The summed E-state index contributed by atoms with van der Waals surface area (Å²) < 4.78 is 42.0. The van der Waals surface area contributed by atoms with Gasteiger partial charge in [-0.05, 0) is 58.2 Å². The van der Waals surface area contributed by atoms with Crippen molar-refractivity contribution in [3.05, 3.63) is 45.6 Å². The summed E-state index contributed by atoms with van der Waals surface area (Å²) in [5.41, 5.74) is 5.98. The number of aromatic nitrogens is 2. The Balaban J connectivity index is 1.77. The average Bonchev–Trinajstić information content (AvgIpc) is 2.72. The van der Waals surface area contributed by atoms with E-state index in [1.807, 2.05) is 14.1 Å². The standard InChI is InChI=1S/C21H27F3N6O3/c1-29(2)15-9-7-13(8-10-15)11-16-18(30(31)32)19(25)28-20(27-16)26-12-14-5-3-4-6-17(14)33-21(22,23)24/h3-6,13,15H,7-12H2,1-2H3,(H3,25,26,27,28). The summed E-state index contributed by atoms with van der Waals surface area (Å²) in [5.74, 6) is -0.403. The Morgan fingerprint density at radius 3 is 2.48 bits per heavy atom. The van der Waals surface area contributed by atoms with Gasteiger partial charge in [0, 0.05) is 18.2 Å². The summed E-state index contributed by atoms with van der Waals surface area (Å²) in [6.07, 6.45) is -0.640. The van der Waals surface area contributed by atoms with Crippen LogP contribution < -0.4 is 15.8 Å². The van der Waals surface area contributed by atoms with Crippen molar-refractivity contribution in [2.45, 2.75) is 51.1 Å². The minimum absolute atomic E-state index is 0.0110. The molecule has 0 bridgehead atoms. The molecule has 9 nitrogen and oxygen atoms in total. The normalized spacial score (nSPS) is 18.8. The van der Waals surface area contributed by atoms with Crippen LogP contribution in [0, 0.1) is 16.0 Å². The largest absolute Gasteiger partial charge is 0.573 e. The van der Waals surface area contributed by atoms with Gasteiger partial charge in [0.15, 0.2) is 0 Å². The van der Waals surface area contributed by atoms with Gasteiger partial charge in [-0.2, -0.15) is 4.98 Å². The van der Waals surface area contributed by atoms with Crippen LogP contribution in [-0.4, -0.2) is 46.3 Å². The first-order valence-electron chi connectivity index (χ1n) is 10.6. The van der Waals surface area contributed by atoms with Gasteiger partial charge in [0.1, 0.15) is 11.4 Å². The smallest absolute Gasteiger partial charge is 0.405 e. The third kappa shape index (κ3) is 6.67. The Morgan fingerprint density at radius 2 is 1.88 bits per heavy atom. The molecule has 0 atom stereocenters. The Morgan fingerprint density at radius 1 is 1.21 bits per heavy atom. The molecule has 180 valence electrons. The molecular formula is C21H27F3N6O3. The average molecular weight is 468 g/mol. The molecule has 1 aromatic heterocycles. The fourth-order valence-electron chi connectivity index (χ4n) is 4.13. The molecule has 3 rings (SSSR count). The Kier molecular flexibility index (Phi) is 7.57. The number of nitrogens with two attached hydrogens (primary N) is 1. The second-order valence-electron chi connectivity index (χ2n) is 8.34.